The van der Waals surface area contributed by atoms with E-state index in [1.165, 1.54) is 12.1 Å². The van der Waals surface area contributed by atoms with Crippen LogP contribution in [0.2, 0.25) is 0 Å². The maximum atomic E-state index is 13.2. The van der Waals surface area contributed by atoms with E-state index < -0.39 is 0 Å². The normalized spacial score (nSPS) is 17.6. The molecular weight excluding hydrogens is 237 g/mol. The molecule has 1 aromatic rings. The van der Waals surface area contributed by atoms with E-state index in [0.29, 0.717) is 11.3 Å². The van der Waals surface area contributed by atoms with Crippen LogP contribution in [0.1, 0.15) is 18.5 Å². The van der Waals surface area contributed by atoms with E-state index in [1.807, 2.05) is 0 Å². The third-order valence-corrected chi connectivity index (χ3v) is 2.77. The summed E-state index contributed by atoms with van der Waals surface area (Å²) in [5.74, 6) is -1.13. The Hall–Kier alpha value is -1.95. The zero-order chi connectivity index (χ0) is 13.3. The van der Waals surface area contributed by atoms with Gasteiger partial charge in [-0.2, -0.15) is 0 Å². The zero-order valence-electron chi connectivity index (χ0n) is 9.94. The SMILES string of the molecule is CC(N)c1cc(F)ccc1N1CC(=O)NC(=O)C1. The van der Waals surface area contributed by atoms with Crippen LogP contribution in [0.3, 0.4) is 0 Å². The van der Waals surface area contributed by atoms with E-state index in [-0.39, 0.29) is 36.8 Å². The minimum absolute atomic E-state index is 0.0666. The molecule has 1 aliphatic heterocycles. The van der Waals surface area contributed by atoms with Gasteiger partial charge in [0.15, 0.2) is 0 Å². The molecular formula is C12H14FN3O2. The Labute approximate surface area is 104 Å². The van der Waals surface area contributed by atoms with Gasteiger partial charge in [0.2, 0.25) is 11.8 Å². The van der Waals surface area contributed by atoms with Gasteiger partial charge in [-0.1, -0.05) is 0 Å². The molecule has 1 atom stereocenters. The van der Waals surface area contributed by atoms with Crippen LogP contribution >= 0.6 is 0 Å². The van der Waals surface area contributed by atoms with Gasteiger partial charge in [0.1, 0.15) is 5.82 Å². The Morgan fingerprint density at radius 3 is 2.50 bits per heavy atom. The fraction of sp³-hybridized carbons (Fsp3) is 0.333. The highest BCUT2D eigenvalue weighted by molar-refractivity contribution is 6.02. The summed E-state index contributed by atoms with van der Waals surface area (Å²) >= 11 is 0. The fourth-order valence-corrected chi connectivity index (χ4v) is 1.99. The summed E-state index contributed by atoms with van der Waals surface area (Å²) in [7, 11) is 0. The highest BCUT2D eigenvalue weighted by Gasteiger charge is 2.25. The predicted molar refractivity (Wildman–Crippen MR) is 64.4 cm³/mol. The van der Waals surface area contributed by atoms with Crippen molar-refractivity contribution in [3.05, 3.63) is 29.6 Å². The van der Waals surface area contributed by atoms with Gasteiger partial charge in [-0.3, -0.25) is 14.9 Å². The number of nitrogens with two attached hydrogens (primary N) is 1. The number of nitrogens with zero attached hydrogens (tertiary/aromatic N) is 1. The minimum Gasteiger partial charge on any atom is -0.353 e. The third kappa shape index (κ3) is 2.48. The number of hydrogen-bond donors (Lipinski definition) is 2. The summed E-state index contributed by atoms with van der Waals surface area (Å²) in [6.07, 6.45) is 0. The molecule has 2 rings (SSSR count). The molecule has 0 saturated carbocycles. The standard InChI is InChI=1S/C12H14FN3O2/c1-7(14)9-4-8(13)2-3-10(9)16-5-11(17)15-12(18)6-16/h2-4,7H,5-6,14H2,1H3,(H,15,17,18). The van der Waals surface area contributed by atoms with Gasteiger partial charge in [0.05, 0.1) is 13.1 Å². The van der Waals surface area contributed by atoms with Crippen molar-refractivity contribution in [3.8, 4) is 0 Å². The highest BCUT2D eigenvalue weighted by Crippen LogP contribution is 2.26. The summed E-state index contributed by atoms with van der Waals surface area (Å²) in [5.41, 5.74) is 6.98. The third-order valence-electron chi connectivity index (χ3n) is 2.77. The summed E-state index contributed by atoms with van der Waals surface area (Å²) in [6, 6.07) is 3.78. The Morgan fingerprint density at radius 2 is 1.94 bits per heavy atom. The van der Waals surface area contributed by atoms with Crippen LogP contribution in [-0.2, 0) is 9.59 Å². The van der Waals surface area contributed by atoms with Gasteiger partial charge >= 0.3 is 0 Å². The number of carbonyl (C=O) groups is 2. The van der Waals surface area contributed by atoms with Crippen LogP contribution in [0, 0.1) is 5.82 Å². The Kier molecular flexibility index (Phi) is 3.29. The van der Waals surface area contributed by atoms with Gasteiger partial charge in [-0.15, -0.1) is 0 Å². The molecule has 6 heteroatoms. The van der Waals surface area contributed by atoms with Crippen molar-refractivity contribution >= 4 is 17.5 Å². The summed E-state index contributed by atoms with van der Waals surface area (Å²) in [5, 5.41) is 2.21. The Bertz CT molecular complexity index is 486. The van der Waals surface area contributed by atoms with Crippen molar-refractivity contribution in [1.29, 1.82) is 0 Å². The van der Waals surface area contributed by atoms with Crippen LogP contribution in [-0.4, -0.2) is 24.9 Å². The van der Waals surface area contributed by atoms with Crippen molar-refractivity contribution in [2.45, 2.75) is 13.0 Å². The first kappa shape index (κ1) is 12.5. The van der Waals surface area contributed by atoms with Gasteiger partial charge in [0, 0.05) is 11.7 Å². The van der Waals surface area contributed by atoms with Crippen LogP contribution in [0.4, 0.5) is 10.1 Å². The second kappa shape index (κ2) is 4.73. The number of carbonyl (C=O) groups excluding carboxylic acids is 2. The van der Waals surface area contributed by atoms with E-state index in [2.05, 4.69) is 5.32 Å². The lowest BCUT2D eigenvalue weighted by atomic mass is 10.0. The van der Waals surface area contributed by atoms with Gasteiger partial charge in [-0.05, 0) is 30.7 Å². The van der Waals surface area contributed by atoms with E-state index in [4.69, 9.17) is 5.73 Å². The largest absolute Gasteiger partial charge is 0.353 e. The molecule has 1 saturated heterocycles. The number of rotatable bonds is 2. The Morgan fingerprint density at radius 1 is 1.33 bits per heavy atom. The van der Waals surface area contributed by atoms with Crippen molar-refractivity contribution in [3.63, 3.8) is 0 Å². The fourth-order valence-electron chi connectivity index (χ4n) is 1.99. The smallest absolute Gasteiger partial charge is 0.246 e. The topological polar surface area (TPSA) is 75.4 Å². The number of anilines is 1. The Balaban J connectivity index is 2.37. The monoisotopic (exact) mass is 251 g/mol. The molecule has 1 aliphatic rings. The molecule has 0 radical (unpaired) electrons. The average molecular weight is 251 g/mol. The van der Waals surface area contributed by atoms with Gasteiger partial charge in [-0.25, -0.2) is 4.39 Å². The second-order valence-electron chi connectivity index (χ2n) is 4.32. The quantitative estimate of drug-likeness (QED) is 0.742. The molecule has 96 valence electrons. The number of benzene rings is 1. The molecule has 5 nitrogen and oxygen atoms in total. The minimum atomic E-state index is -0.390. The molecule has 18 heavy (non-hydrogen) atoms. The lowest BCUT2D eigenvalue weighted by molar-refractivity contribution is -0.130. The van der Waals surface area contributed by atoms with Crippen molar-refractivity contribution < 1.29 is 14.0 Å². The lowest BCUT2D eigenvalue weighted by Crippen LogP contribution is -2.51. The molecule has 2 amide bonds. The number of nitrogens with one attached hydrogen (secondary N) is 1. The summed E-state index contributed by atoms with van der Waals surface area (Å²) < 4.78 is 13.2. The van der Waals surface area contributed by atoms with Crippen LogP contribution < -0.4 is 16.0 Å². The number of piperazine rings is 1. The molecule has 1 aromatic carbocycles. The van der Waals surface area contributed by atoms with E-state index in [1.54, 1.807) is 17.9 Å². The van der Waals surface area contributed by atoms with E-state index >= 15 is 0 Å². The molecule has 0 aromatic heterocycles. The van der Waals surface area contributed by atoms with Crippen molar-refractivity contribution in [1.82, 2.24) is 5.32 Å². The second-order valence-corrected chi connectivity index (χ2v) is 4.32. The molecule has 1 unspecified atom stereocenters. The molecule has 0 aliphatic carbocycles. The maximum absolute atomic E-state index is 13.2. The van der Waals surface area contributed by atoms with Crippen molar-refractivity contribution in [2.75, 3.05) is 18.0 Å². The molecule has 1 fully saturated rings. The van der Waals surface area contributed by atoms with Crippen LogP contribution in [0.25, 0.3) is 0 Å². The number of halogens is 1. The first-order valence-electron chi connectivity index (χ1n) is 5.60. The number of hydrogen-bond acceptors (Lipinski definition) is 4. The van der Waals surface area contributed by atoms with E-state index in [9.17, 15) is 14.0 Å². The van der Waals surface area contributed by atoms with Crippen LogP contribution in [0.15, 0.2) is 18.2 Å². The first-order chi connectivity index (χ1) is 8.47. The average Bonchev–Trinajstić information content (AvgIpc) is 2.27. The zero-order valence-corrected chi connectivity index (χ0v) is 9.94. The molecule has 3 N–H and O–H groups in total. The van der Waals surface area contributed by atoms with E-state index in [0.717, 1.165) is 0 Å². The van der Waals surface area contributed by atoms with Crippen LogP contribution in [0.5, 0.6) is 0 Å². The lowest BCUT2D eigenvalue weighted by Gasteiger charge is -2.30. The summed E-state index contributed by atoms with van der Waals surface area (Å²) in [6.45, 7) is 1.86. The maximum Gasteiger partial charge on any atom is 0.246 e. The van der Waals surface area contributed by atoms with Gasteiger partial charge < -0.3 is 10.6 Å². The molecule has 0 spiro atoms. The number of amides is 2. The molecule has 0 bridgehead atoms. The predicted octanol–water partition coefficient (Wildman–Crippen LogP) is 0.308. The first-order valence-corrected chi connectivity index (χ1v) is 5.60. The van der Waals surface area contributed by atoms with Gasteiger partial charge in [0.25, 0.3) is 0 Å². The highest BCUT2D eigenvalue weighted by atomic mass is 19.1. The van der Waals surface area contributed by atoms with Crippen molar-refractivity contribution in [2.24, 2.45) is 5.73 Å². The summed E-state index contributed by atoms with van der Waals surface area (Å²) in [4.78, 5) is 24.2. The molecule has 1 heterocycles. The number of imide groups is 1.